The zero-order chi connectivity index (χ0) is 12.8. The van der Waals surface area contributed by atoms with E-state index >= 15 is 0 Å². The molecule has 0 unspecified atom stereocenters. The minimum Gasteiger partial charge on any atom is -0.393 e. The zero-order valence-corrected chi connectivity index (χ0v) is 11.3. The van der Waals surface area contributed by atoms with E-state index in [1.807, 2.05) is 6.20 Å². The summed E-state index contributed by atoms with van der Waals surface area (Å²) in [5.41, 5.74) is 0. The van der Waals surface area contributed by atoms with Crippen molar-refractivity contribution in [3.05, 3.63) is 18.2 Å². The van der Waals surface area contributed by atoms with E-state index < -0.39 is 0 Å². The van der Waals surface area contributed by atoms with Crippen molar-refractivity contribution < 1.29 is 5.11 Å². The maximum Gasteiger partial charge on any atom is 0.122 e. The van der Waals surface area contributed by atoms with Gasteiger partial charge < -0.3 is 15.0 Å². The highest BCUT2D eigenvalue weighted by Gasteiger charge is 2.18. The molecule has 0 spiro atoms. The summed E-state index contributed by atoms with van der Waals surface area (Å²) >= 11 is 0. The third-order valence-electron chi connectivity index (χ3n) is 3.80. The Labute approximate surface area is 109 Å². The van der Waals surface area contributed by atoms with Crippen LogP contribution in [0.15, 0.2) is 12.4 Å². The fourth-order valence-electron chi connectivity index (χ4n) is 2.69. The maximum absolute atomic E-state index is 9.46. The third-order valence-corrected chi connectivity index (χ3v) is 3.80. The van der Waals surface area contributed by atoms with Crippen LogP contribution in [0.2, 0.25) is 0 Å². The summed E-state index contributed by atoms with van der Waals surface area (Å²) in [7, 11) is 0. The molecule has 0 aliphatic heterocycles. The van der Waals surface area contributed by atoms with Crippen molar-refractivity contribution in [3.63, 3.8) is 0 Å². The van der Waals surface area contributed by atoms with Crippen molar-refractivity contribution in [1.82, 2.24) is 14.9 Å². The SMILES string of the molecule is CCCn1ccnc1CNCC1CCC(O)CC1. The molecule has 4 heteroatoms. The predicted octanol–water partition coefficient (Wildman–Crippen LogP) is 1.93. The number of aliphatic hydroxyl groups excluding tert-OH is 1. The topological polar surface area (TPSA) is 50.1 Å². The molecule has 0 atom stereocenters. The highest BCUT2D eigenvalue weighted by molar-refractivity contribution is 4.92. The molecule has 1 fully saturated rings. The van der Waals surface area contributed by atoms with Crippen LogP contribution in [0.1, 0.15) is 44.9 Å². The van der Waals surface area contributed by atoms with Gasteiger partial charge in [-0.25, -0.2) is 4.98 Å². The standard InChI is InChI=1S/C14H25N3O/c1-2-8-17-9-7-16-14(17)11-15-10-12-3-5-13(18)6-4-12/h7,9,12-13,15,18H,2-6,8,10-11H2,1H3. The van der Waals surface area contributed by atoms with Gasteiger partial charge in [-0.2, -0.15) is 0 Å². The second-order valence-electron chi connectivity index (χ2n) is 5.34. The molecule has 0 aromatic carbocycles. The normalized spacial score (nSPS) is 24.3. The number of nitrogens with zero attached hydrogens (tertiary/aromatic N) is 2. The molecule has 18 heavy (non-hydrogen) atoms. The average molecular weight is 251 g/mol. The van der Waals surface area contributed by atoms with Gasteiger partial charge in [0.05, 0.1) is 12.6 Å². The van der Waals surface area contributed by atoms with Crippen molar-refractivity contribution in [1.29, 1.82) is 0 Å². The summed E-state index contributed by atoms with van der Waals surface area (Å²) in [6.45, 7) is 5.13. The number of hydrogen-bond acceptors (Lipinski definition) is 3. The first kappa shape index (κ1) is 13.6. The monoisotopic (exact) mass is 251 g/mol. The van der Waals surface area contributed by atoms with Crippen LogP contribution < -0.4 is 5.32 Å². The molecule has 1 aromatic rings. The van der Waals surface area contributed by atoms with Gasteiger partial charge in [0, 0.05) is 18.9 Å². The molecular weight excluding hydrogens is 226 g/mol. The summed E-state index contributed by atoms with van der Waals surface area (Å²) in [4.78, 5) is 4.39. The highest BCUT2D eigenvalue weighted by atomic mass is 16.3. The van der Waals surface area contributed by atoms with Gasteiger partial charge in [-0.15, -0.1) is 0 Å². The van der Waals surface area contributed by atoms with Crippen LogP contribution in [-0.4, -0.2) is 27.3 Å². The van der Waals surface area contributed by atoms with Gasteiger partial charge in [0.2, 0.25) is 0 Å². The molecule has 1 aromatic heterocycles. The Morgan fingerprint density at radius 2 is 2.17 bits per heavy atom. The van der Waals surface area contributed by atoms with Gasteiger partial charge in [-0.05, 0) is 44.6 Å². The second kappa shape index (κ2) is 6.90. The van der Waals surface area contributed by atoms with Crippen molar-refractivity contribution in [3.8, 4) is 0 Å². The molecule has 0 bridgehead atoms. The third kappa shape index (κ3) is 3.82. The van der Waals surface area contributed by atoms with Crippen LogP contribution in [-0.2, 0) is 13.1 Å². The Kier molecular flexibility index (Phi) is 5.20. The lowest BCUT2D eigenvalue weighted by Gasteiger charge is -2.25. The van der Waals surface area contributed by atoms with E-state index in [0.29, 0.717) is 0 Å². The predicted molar refractivity (Wildman–Crippen MR) is 72.2 cm³/mol. The lowest BCUT2D eigenvalue weighted by Crippen LogP contribution is -2.28. The van der Waals surface area contributed by atoms with Crippen molar-refractivity contribution in [2.24, 2.45) is 5.92 Å². The summed E-state index contributed by atoms with van der Waals surface area (Å²) in [5.74, 6) is 1.86. The van der Waals surface area contributed by atoms with E-state index in [4.69, 9.17) is 0 Å². The molecule has 102 valence electrons. The van der Waals surface area contributed by atoms with E-state index in [1.54, 1.807) is 0 Å². The Morgan fingerprint density at radius 3 is 2.89 bits per heavy atom. The molecule has 1 saturated carbocycles. The molecule has 1 heterocycles. The van der Waals surface area contributed by atoms with Crippen molar-refractivity contribution >= 4 is 0 Å². The van der Waals surface area contributed by atoms with E-state index in [1.165, 1.54) is 0 Å². The second-order valence-corrected chi connectivity index (χ2v) is 5.34. The number of aromatic nitrogens is 2. The number of hydrogen-bond donors (Lipinski definition) is 2. The van der Waals surface area contributed by atoms with Crippen LogP contribution in [0.4, 0.5) is 0 Å². The molecule has 0 amide bonds. The van der Waals surface area contributed by atoms with E-state index in [0.717, 1.165) is 63.5 Å². The van der Waals surface area contributed by atoms with Crippen LogP contribution in [0.3, 0.4) is 0 Å². The Morgan fingerprint density at radius 1 is 1.39 bits per heavy atom. The number of aryl methyl sites for hydroxylation is 1. The molecule has 2 N–H and O–H groups in total. The maximum atomic E-state index is 9.46. The quantitative estimate of drug-likeness (QED) is 0.812. The fraction of sp³-hybridized carbons (Fsp3) is 0.786. The molecule has 0 radical (unpaired) electrons. The number of imidazole rings is 1. The lowest BCUT2D eigenvalue weighted by molar-refractivity contribution is 0.108. The Hall–Kier alpha value is -0.870. The molecule has 1 aliphatic rings. The molecule has 0 saturated heterocycles. The summed E-state index contributed by atoms with van der Waals surface area (Å²) in [6, 6.07) is 0. The molecule has 4 nitrogen and oxygen atoms in total. The number of nitrogens with one attached hydrogen (secondary N) is 1. The number of rotatable bonds is 6. The van der Waals surface area contributed by atoms with Crippen LogP contribution in [0, 0.1) is 5.92 Å². The van der Waals surface area contributed by atoms with Gasteiger partial charge >= 0.3 is 0 Å². The summed E-state index contributed by atoms with van der Waals surface area (Å²) in [5, 5.41) is 13.0. The number of aliphatic hydroxyl groups is 1. The van der Waals surface area contributed by atoms with Gasteiger partial charge in [-0.3, -0.25) is 0 Å². The lowest BCUT2D eigenvalue weighted by atomic mass is 9.87. The molecule has 2 rings (SSSR count). The van der Waals surface area contributed by atoms with Crippen molar-refractivity contribution in [2.45, 2.75) is 58.2 Å². The average Bonchev–Trinajstić information content (AvgIpc) is 2.80. The van der Waals surface area contributed by atoms with Gasteiger partial charge in [-0.1, -0.05) is 6.92 Å². The first-order chi connectivity index (χ1) is 8.79. The van der Waals surface area contributed by atoms with Crippen LogP contribution >= 0.6 is 0 Å². The fourth-order valence-corrected chi connectivity index (χ4v) is 2.69. The first-order valence-electron chi connectivity index (χ1n) is 7.18. The Balaban J connectivity index is 1.70. The van der Waals surface area contributed by atoms with Crippen LogP contribution in [0.5, 0.6) is 0 Å². The van der Waals surface area contributed by atoms with Crippen molar-refractivity contribution in [2.75, 3.05) is 6.54 Å². The largest absolute Gasteiger partial charge is 0.393 e. The zero-order valence-electron chi connectivity index (χ0n) is 11.3. The smallest absolute Gasteiger partial charge is 0.122 e. The van der Waals surface area contributed by atoms with E-state index in [9.17, 15) is 5.11 Å². The minimum absolute atomic E-state index is 0.0512. The van der Waals surface area contributed by atoms with Gasteiger partial charge in [0.1, 0.15) is 5.82 Å². The highest BCUT2D eigenvalue weighted by Crippen LogP contribution is 2.23. The molecular formula is C14H25N3O. The van der Waals surface area contributed by atoms with E-state index in [-0.39, 0.29) is 6.10 Å². The summed E-state index contributed by atoms with van der Waals surface area (Å²) in [6.07, 6.45) is 9.26. The van der Waals surface area contributed by atoms with E-state index in [2.05, 4.69) is 28.0 Å². The summed E-state index contributed by atoms with van der Waals surface area (Å²) < 4.78 is 2.22. The Bertz CT molecular complexity index is 343. The first-order valence-corrected chi connectivity index (χ1v) is 7.18. The van der Waals surface area contributed by atoms with Gasteiger partial charge in [0.15, 0.2) is 0 Å². The van der Waals surface area contributed by atoms with Gasteiger partial charge in [0.25, 0.3) is 0 Å². The van der Waals surface area contributed by atoms with Crippen LogP contribution in [0.25, 0.3) is 0 Å². The molecule has 1 aliphatic carbocycles. The minimum atomic E-state index is -0.0512.